The molecule has 3 nitrogen and oxygen atoms in total. The first-order valence-electron chi connectivity index (χ1n) is 8.18. The van der Waals surface area contributed by atoms with Crippen molar-refractivity contribution in [2.45, 2.75) is 31.6 Å². The van der Waals surface area contributed by atoms with Gasteiger partial charge in [0.2, 0.25) is 5.78 Å². The minimum Gasteiger partial charge on any atom is -0.465 e. The molecular formula is C20H16F2O3. The predicted molar refractivity (Wildman–Crippen MR) is 88.0 cm³/mol. The van der Waals surface area contributed by atoms with E-state index in [0.29, 0.717) is 12.0 Å². The number of halogens is 2. The zero-order valence-electron chi connectivity index (χ0n) is 13.6. The first-order chi connectivity index (χ1) is 11.9. The van der Waals surface area contributed by atoms with Gasteiger partial charge < -0.3 is 4.74 Å². The third-order valence-corrected chi connectivity index (χ3v) is 4.97. The predicted octanol–water partition coefficient (Wildman–Crippen LogP) is 4.13. The van der Waals surface area contributed by atoms with Crippen molar-refractivity contribution in [2.75, 3.05) is 6.61 Å². The van der Waals surface area contributed by atoms with Crippen molar-refractivity contribution in [2.24, 2.45) is 0 Å². The van der Waals surface area contributed by atoms with Gasteiger partial charge >= 0.3 is 11.9 Å². The van der Waals surface area contributed by atoms with Gasteiger partial charge in [0, 0.05) is 24.8 Å². The quantitative estimate of drug-likeness (QED) is 0.658. The van der Waals surface area contributed by atoms with E-state index in [0.717, 1.165) is 22.3 Å². The van der Waals surface area contributed by atoms with Gasteiger partial charge in [0.25, 0.3) is 0 Å². The first-order valence-corrected chi connectivity index (χ1v) is 8.18. The molecule has 2 aromatic rings. The second kappa shape index (κ2) is 5.48. The molecule has 2 aromatic carbocycles. The van der Waals surface area contributed by atoms with Crippen LogP contribution in [0, 0.1) is 0 Å². The van der Waals surface area contributed by atoms with Crippen LogP contribution in [0.3, 0.4) is 0 Å². The SMILES string of the molecule is CC(=O)OCC1CC(F)(F)C(=O)c2cc3c(cc21)-c1ccccc1C3. The fourth-order valence-electron chi connectivity index (χ4n) is 3.81. The van der Waals surface area contributed by atoms with Gasteiger partial charge in [0.1, 0.15) is 0 Å². The number of alkyl halides is 2. The number of fused-ring (bicyclic) bond motifs is 4. The molecule has 0 radical (unpaired) electrons. The van der Waals surface area contributed by atoms with Gasteiger partial charge in [0.15, 0.2) is 0 Å². The van der Waals surface area contributed by atoms with Gasteiger partial charge in [-0.25, -0.2) is 0 Å². The van der Waals surface area contributed by atoms with Gasteiger partial charge in [0.05, 0.1) is 6.61 Å². The largest absolute Gasteiger partial charge is 0.465 e. The van der Waals surface area contributed by atoms with Crippen molar-refractivity contribution < 1.29 is 23.1 Å². The molecule has 0 saturated carbocycles. The van der Waals surface area contributed by atoms with Crippen LogP contribution in [-0.2, 0) is 16.0 Å². The number of esters is 1. The zero-order chi connectivity index (χ0) is 17.8. The van der Waals surface area contributed by atoms with E-state index in [9.17, 15) is 18.4 Å². The number of carbonyl (C=O) groups is 2. The Labute approximate surface area is 143 Å². The van der Waals surface area contributed by atoms with Crippen molar-refractivity contribution in [3.05, 3.63) is 58.7 Å². The second-order valence-corrected chi connectivity index (χ2v) is 6.67. The summed E-state index contributed by atoms with van der Waals surface area (Å²) in [7, 11) is 0. The van der Waals surface area contributed by atoms with Crippen LogP contribution in [-0.4, -0.2) is 24.3 Å². The van der Waals surface area contributed by atoms with Crippen LogP contribution >= 0.6 is 0 Å². The van der Waals surface area contributed by atoms with Crippen LogP contribution in [0.15, 0.2) is 36.4 Å². The van der Waals surface area contributed by atoms with Crippen molar-refractivity contribution in [1.29, 1.82) is 0 Å². The maximum absolute atomic E-state index is 14.2. The minimum absolute atomic E-state index is 0.0555. The summed E-state index contributed by atoms with van der Waals surface area (Å²) in [5.74, 6) is -5.78. The highest BCUT2D eigenvalue weighted by molar-refractivity contribution is 6.05. The third-order valence-electron chi connectivity index (χ3n) is 4.97. The number of rotatable bonds is 2. The van der Waals surface area contributed by atoms with Gasteiger partial charge in [-0.1, -0.05) is 24.3 Å². The molecule has 4 rings (SSSR count). The number of Topliss-reactive ketones (excluding diaryl/α,β-unsaturated/α-hetero) is 1. The normalized spacial score (nSPS) is 19.8. The molecular weight excluding hydrogens is 326 g/mol. The van der Waals surface area contributed by atoms with E-state index in [-0.39, 0.29) is 12.2 Å². The van der Waals surface area contributed by atoms with E-state index in [1.807, 2.05) is 30.3 Å². The van der Waals surface area contributed by atoms with E-state index in [1.165, 1.54) is 6.92 Å². The van der Waals surface area contributed by atoms with Crippen LogP contribution in [0.25, 0.3) is 11.1 Å². The summed E-state index contributed by atoms with van der Waals surface area (Å²) in [5, 5.41) is 0. The summed E-state index contributed by atoms with van der Waals surface area (Å²) >= 11 is 0. The summed E-state index contributed by atoms with van der Waals surface area (Å²) in [6, 6.07) is 11.3. The van der Waals surface area contributed by atoms with Crippen molar-refractivity contribution in [3.8, 4) is 11.1 Å². The Bertz CT molecular complexity index is 902. The second-order valence-electron chi connectivity index (χ2n) is 6.67. The number of ether oxygens (including phenoxy) is 1. The smallest absolute Gasteiger partial charge is 0.310 e. The maximum Gasteiger partial charge on any atom is 0.310 e. The van der Waals surface area contributed by atoms with E-state index in [4.69, 9.17) is 4.74 Å². The standard InChI is InChI=1S/C20H16F2O3/c1-11(23)25-10-14-9-20(21,22)19(24)18-7-13-6-12-4-2-3-5-15(12)16(13)8-17(14)18/h2-5,7-8,14H,6,9-10H2,1H3. The number of benzene rings is 2. The van der Waals surface area contributed by atoms with Crippen molar-refractivity contribution in [1.82, 2.24) is 0 Å². The minimum atomic E-state index is -3.43. The lowest BCUT2D eigenvalue weighted by Crippen LogP contribution is -2.38. The molecule has 0 bridgehead atoms. The van der Waals surface area contributed by atoms with Gasteiger partial charge in [-0.2, -0.15) is 8.78 Å². The lowest BCUT2D eigenvalue weighted by Gasteiger charge is -2.30. The monoisotopic (exact) mass is 342 g/mol. The average molecular weight is 342 g/mol. The molecule has 0 saturated heterocycles. The van der Waals surface area contributed by atoms with Crippen LogP contribution in [0.1, 0.15) is 46.3 Å². The molecule has 5 heteroatoms. The topological polar surface area (TPSA) is 43.4 Å². The number of hydrogen-bond acceptors (Lipinski definition) is 3. The van der Waals surface area contributed by atoms with Crippen molar-refractivity contribution in [3.63, 3.8) is 0 Å². The molecule has 2 aliphatic carbocycles. The summed E-state index contributed by atoms with van der Waals surface area (Å²) in [6.45, 7) is 1.09. The highest BCUT2D eigenvalue weighted by atomic mass is 19.3. The lowest BCUT2D eigenvalue weighted by atomic mass is 9.78. The van der Waals surface area contributed by atoms with Crippen LogP contribution in [0.2, 0.25) is 0 Å². The fourth-order valence-corrected chi connectivity index (χ4v) is 3.81. The number of carbonyl (C=O) groups excluding carboxylic acids is 2. The molecule has 0 amide bonds. The fraction of sp³-hybridized carbons (Fsp3) is 0.300. The molecule has 2 aliphatic rings. The maximum atomic E-state index is 14.2. The summed E-state index contributed by atoms with van der Waals surface area (Å²) < 4.78 is 33.3. The molecule has 0 fully saturated rings. The molecule has 0 aliphatic heterocycles. The summed E-state index contributed by atoms with van der Waals surface area (Å²) in [4.78, 5) is 23.3. The molecule has 25 heavy (non-hydrogen) atoms. The average Bonchev–Trinajstić information content (AvgIpc) is 2.93. The Morgan fingerprint density at radius 1 is 1.16 bits per heavy atom. The van der Waals surface area contributed by atoms with Gasteiger partial charge in [-0.15, -0.1) is 0 Å². The van der Waals surface area contributed by atoms with Gasteiger partial charge in [-0.05, 0) is 46.4 Å². The highest BCUT2D eigenvalue weighted by Gasteiger charge is 2.48. The Morgan fingerprint density at radius 2 is 1.92 bits per heavy atom. The molecule has 1 atom stereocenters. The summed E-state index contributed by atoms with van der Waals surface area (Å²) in [6.07, 6.45) is -0.00119. The van der Waals surface area contributed by atoms with Crippen molar-refractivity contribution >= 4 is 11.8 Å². The first kappa shape index (κ1) is 15.9. The lowest BCUT2D eigenvalue weighted by molar-refractivity contribution is -0.142. The molecule has 1 unspecified atom stereocenters. The van der Waals surface area contributed by atoms with E-state index >= 15 is 0 Å². The molecule has 0 aromatic heterocycles. The molecule has 0 spiro atoms. The molecule has 128 valence electrons. The highest BCUT2D eigenvalue weighted by Crippen LogP contribution is 2.45. The number of hydrogen-bond donors (Lipinski definition) is 0. The van der Waals surface area contributed by atoms with Crippen LogP contribution in [0.5, 0.6) is 0 Å². The zero-order valence-corrected chi connectivity index (χ0v) is 13.6. The molecule has 0 N–H and O–H groups in total. The Hall–Kier alpha value is -2.56. The van der Waals surface area contributed by atoms with Crippen LogP contribution < -0.4 is 0 Å². The summed E-state index contributed by atoms with van der Waals surface area (Å²) in [5.41, 5.74) is 4.65. The molecule has 0 heterocycles. The van der Waals surface area contributed by atoms with E-state index in [2.05, 4.69) is 0 Å². The van der Waals surface area contributed by atoms with E-state index in [1.54, 1.807) is 6.07 Å². The van der Waals surface area contributed by atoms with Crippen LogP contribution in [0.4, 0.5) is 8.78 Å². The Kier molecular flexibility index (Phi) is 3.49. The Balaban J connectivity index is 1.84. The Morgan fingerprint density at radius 3 is 2.68 bits per heavy atom. The third kappa shape index (κ3) is 2.54. The number of ketones is 1. The van der Waals surface area contributed by atoms with Gasteiger partial charge in [-0.3, -0.25) is 9.59 Å². The van der Waals surface area contributed by atoms with E-state index < -0.39 is 30.0 Å².